The highest BCUT2D eigenvalue weighted by Gasteiger charge is 2.30. The highest BCUT2D eigenvalue weighted by molar-refractivity contribution is 5.94. The van der Waals surface area contributed by atoms with Crippen LogP contribution in [-0.4, -0.2) is 25.0 Å². The molecule has 2 aromatic carbocycles. The number of carbonyl (C=O) groups excluding carboxylic acids is 1. The fourth-order valence-electron chi connectivity index (χ4n) is 2.31. The van der Waals surface area contributed by atoms with E-state index >= 15 is 0 Å². The third kappa shape index (κ3) is 6.32. The Kier molecular flexibility index (Phi) is 6.81. The van der Waals surface area contributed by atoms with Crippen LogP contribution in [0.25, 0.3) is 0 Å². The number of hydrogen-bond donors (Lipinski definition) is 3. The van der Waals surface area contributed by atoms with Crippen molar-refractivity contribution >= 4 is 17.6 Å². The van der Waals surface area contributed by atoms with Crippen LogP contribution in [0.1, 0.15) is 28.4 Å². The molecule has 27 heavy (non-hydrogen) atoms. The molecule has 0 aliphatic heterocycles. The Balaban J connectivity index is 1.81. The van der Waals surface area contributed by atoms with Gasteiger partial charge in [-0.05, 0) is 48.4 Å². The van der Waals surface area contributed by atoms with Crippen molar-refractivity contribution in [2.45, 2.75) is 19.5 Å². The normalized spacial score (nSPS) is 11.9. The van der Waals surface area contributed by atoms with Crippen LogP contribution in [0, 0.1) is 0 Å². The largest absolute Gasteiger partial charge is 0.416 e. The molecule has 0 aliphatic carbocycles. The zero-order valence-corrected chi connectivity index (χ0v) is 14.8. The number of halogens is 3. The van der Waals surface area contributed by atoms with Crippen molar-refractivity contribution in [2.75, 3.05) is 18.4 Å². The van der Waals surface area contributed by atoms with Crippen molar-refractivity contribution < 1.29 is 18.0 Å². The Morgan fingerprint density at radius 2 is 1.85 bits per heavy atom. The second-order valence-corrected chi connectivity index (χ2v) is 5.78. The first-order valence-corrected chi connectivity index (χ1v) is 8.41. The molecule has 0 saturated heterocycles. The van der Waals surface area contributed by atoms with Gasteiger partial charge in [0.2, 0.25) is 0 Å². The second-order valence-electron chi connectivity index (χ2n) is 5.78. The van der Waals surface area contributed by atoms with E-state index in [0.29, 0.717) is 0 Å². The summed E-state index contributed by atoms with van der Waals surface area (Å²) in [5.41, 5.74) is 7.14. The molecule has 0 aliphatic rings. The lowest BCUT2D eigenvalue weighted by Crippen LogP contribution is -2.28. The number of nitrogens with zero attached hydrogens (tertiary/aromatic N) is 1. The Labute approximate surface area is 155 Å². The Bertz CT molecular complexity index is 801. The van der Waals surface area contributed by atoms with E-state index < -0.39 is 17.6 Å². The van der Waals surface area contributed by atoms with Crippen LogP contribution in [0.4, 0.5) is 18.9 Å². The summed E-state index contributed by atoms with van der Waals surface area (Å²) in [5, 5.41) is 5.55. The van der Waals surface area contributed by atoms with Crippen molar-refractivity contribution in [3.63, 3.8) is 0 Å². The fourth-order valence-corrected chi connectivity index (χ4v) is 2.31. The number of rotatable bonds is 6. The van der Waals surface area contributed by atoms with Crippen molar-refractivity contribution in [1.82, 2.24) is 5.32 Å². The molecule has 0 saturated carbocycles. The van der Waals surface area contributed by atoms with Gasteiger partial charge in [-0.2, -0.15) is 13.2 Å². The van der Waals surface area contributed by atoms with E-state index in [0.717, 1.165) is 41.9 Å². The van der Waals surface area contributed by atoms with Gasteiger partial charge in [0.15, 0.2) is 5.96 Å². The zero-order valence-electron chi connectivity index (χ0n) is 14.8. The van der Waals surface area contributed by atoms with Crippen molar-refractivity contribution in [3.05, 3.63) is 65.2 Å². The number of nitrogens with two attached hydrogens (primary N) is 1. The molecular formula is C19H21F3N4O. The summed E-state index contributed by atoms with van der Waals surface area (Å²) in [4.78, 5) is 16.0. The molecule has 0 spiro atoms. The van der Waals surface area contributed by atoms with E-state index in [2.05, 4.69) is 22.5 Å². The van der Waals surface area contributed by atoms with Gasteiger partial charge in [-0.1, -0.05) is 19.1 Å². The number of nitrogens with one attached hydrogen (secondary N) is 2. The van der Waals surface area contributed by atoms with E-state index in [1.807, 2.05) is 24.3 Å². The fraction of sp³-hybridized carbons (Fsp3) is 0.263. The van der Waals surface area contributed by atoms with Gasteiger partial charge >= 0.3 is 6.18 Å². The number of guanidine groups is 1. The average molecular weight is 378 g/mol. The molecule has 2 aromatic rings. The predicted molar refractivity (Wildman–Crippen MR) is 99.7 cm³/mol. The number of aryl methyl sites for hydroxylation is 1. The van der Waals surface area contributed by atoms with Crippen molar-refractivity contribution in [3.8, 4) is 0 Å². The van der Waals surface area contributed by atoms with Crippen LogP contribution in [-0.2, 0) is 12.6 Å². The quantitative estimate of drug-likeness (QED) is 0.409. The highest BCUT2D eigenvalue weighted by atomic mass is 19.4. The van der Waals surface area contributed by atoms with Gasteiger partial charge in [0.25, 0.3) is 5.91 Å². The summed E-state index contributed by atoms with van der Waals surface area (Å²) in [7, 11) is 0. The number of alkyl halides is 3. The number of aliphatic imine (C=N–C) groups is 1. The van der Waals surface area contributed by atoms with E-state index in [1.165, 1.54) is 0 Å². The van der Waals surface area contributed by atoms with Crippen LogP contribution in [0.3, 0.4) is 0 Å². The third-order valence-electron chi connectivity index (χ3n) is 3.76. The SMILES string of the molecule is CCc1cccc(NC(N)=NCCNC(=O)c2ccc(C(F)(F)F)cc2)c1. The molecule has 144 valence electrons. The van der Waals surface area contributed by atoms with E-state index in [-0.39, 0.29) is 24.6 Å². The standard InChI is InChI=1S/C19H21F3N4O/c1-2-13-4-3-5-16(12-13)26-18(23)25-11-10-24-17(27)14-6-8-15(9-7-14)19(20,21)22/h3-9,12H,2,10-11H2,1H3,(H,24,27)(H3,23,25,26). The van der Waals surface area contributed by atoms with Gasteiger partial charge in [0.1, 0.15) is 0 Å². The van der Waals surface area contributed by atoms with E-state index in [4.69, 9.17) is 5.73 Å². The van der Waals surface area contributed by atoms with Crippen LogP contribution in [0.15, 0.2) is 53.5 Å². The summed E-state index contributed by atoms with van der Waals surface area (Å²) >= 11 is 0. The number of amides is 1. The Morgan fingerprint density at radius 3 is 2.48 bits per heavy atom. The van der Waals surface area contributed by atoms with Crippen molar-refractivity contribution in [2.24, 2.45) is 10.7 Å². The van der Waals surface area contributed by atoms with Gasteiger partial charge in [0.05, 0.1) is 12.1 Å². The Morgan fingerprint density at radius 1 is 1.15 bits per heavy atom. The molecule has 4 N–H and O–H groups in total. The van der Waals surface area contributed by atoms with Crippen LogP contribution in [0.5, 0.6) is 0 Å². The molecule has 0 atom stereocenters. The lowest BCUT2D eigenvalue weighted by Gasteiger charge is -2.09. The average Bonchev–Trinajstić information content (AvgIpc) is 2.64. The van der Waals surface area contributed by atoms with E-state index in [1.54, 1.807) is 0 Å². The molecular weight excluding hydrogens is 357 g/mol. The second kappa shape index (κ2) is 9.07. The minimum atomic E-state index is -4.43. The highest BCUT2D eigenvalue weighted by Crippen LogP contribution is 2.29. The molecule has 0 radical (unpaired) electrons. The number of benzene rings is 2. The van der Waals surface area contributed by atoms with Crippen LogP contribution in [0.2, 0.25) is 0 Å². The summed E-state index contributed by atoms with van der Waals surface area (Å²) in [6, 6.07) is 11.8. The minimum absolute atomic E-state index is 0.148. The van der Waals surface area contributed by atoms with Crippen molar-refractivity contribution in [1.29, 1.82) is 0 Å². The molecule has 0 bridgehead atoms. The first kappa shape index (κ1) is 20.3. The maximum Gasteiger partial charge on any atom is 0.416 e. The minimum Gasteiger partial charge on any atom is -0.370 e. The number of anilines is 1. The summed E-state index contributed by atoms with van der Waals surface area (Å²) in [6.07, 6.45) is -3.52. The third-order valence-corrected chi connectivity index (χ3v) is 3.76. The molecule has 0 unspecified atom stereocenters. The zero-order chi connectivity index (χ0) is 19.9. The maximum absolute atomic E-state index is 12.5. The first-order valence-electron chi connectivity index (χ1n) is 8.41. The van der Waals surface area contributed by atoms with Gasteiger partial charge in [-0.15, -0.1) is 0 Å². The van der Waals surface area contributed by atoms with Gasteiger partial charge in [-0.25, -0.2) is 0 Å². The lowest BCUT2D eigenvalue weighted by atomic mass is 10.1. The topological polar surface area (TPSA) is 79.5 Å². The monoisotopic (exact) mass is 378 g/mol. The number of carbonyl (C=O) groups is 1. The van der Waals surface area contributed by atoms with Gasteiger partial charge in [0, 0.05) is 17.8 Å². The molecule has 2 rings (SSSR count). The summed E-state index contributed by atoms with van der Waals surface area (Å²) < 4.78 is 37.5. The predicted octanol–water partition coefficient (Wildman–Crippen LogP) is 3.42. The van der Waals surface area contributed by atoms with Gasteiger partial charge in [-0.3, -0.25) is 9.79 Å². The lowest BCUT2D eigenvalue weighted by molar-refractivity contribution is -0.137. The van der Waals surface area contributed by atoms with Crippen LogP contribution < -0.4 is 16.4 Å². The molecule has 0 fully saturated rings. The molecule has 0 aromatic heterocycles. The molecule has 1 amide bonds. The van der Waals surface area contributed by atoms with Gasteiger partial charge < -0.3 is 16.4 Å². The summed E-state index contributed by atoms with van der Waals surface area (Å²) in [5.74, 6) is -0.256. The van der Waals surface area contributed by atoms with Crippen LogP contribution >= 0.6 is 0 Å². The molecule has 5 nitrogen and oxygen atoms in total. The Hall–Kier alpha value is -3.03. The maximum atomic E-state index is 12.5. The molecule has 8 heteroatoms. The smallest absolute Gasteiger partial charge is 0.370 e. The molecule has 0 heterocycles. The van der Waals surface area contributed by atoms with E-state index in [9.17, 15) is 18.0 Å². The summed E-state index contributed by atoms with van der Waals surface area (Å²) in [6.45, 7) is 2.49. The first-order chi connectivity index (χ1) is 12.8. The number of hydrogen-bond acceptors (Lipinski definition) is 2.